The van der Waals surface area contributed by atoms with Crippen LogP contribution in [-0.4, -0.2) is 43.1 Å². The largest absolute Gasteiger partial charge is 0.378 e. The monoisotopic (exact) mass is 500 g/mol. The molecule has 0 fully saturated rings. The van der Waals surface area contributed by atoms with Gasteiger partial charge in [-0.25, -0.2) is 32.3 Å². The van der Waals surface area contributed by atoms with Gasteiger partial charge in [0.1, 0.15) is 10.0 Å². The maximum absolute atomic E-state index is 12.9. The van der Waals surface area contributed by atoms with Crippen molar-refractivity contribution in [2.24, 2.45) is 0 Å². The first-order valence-electron chi connectivity index (χ1n) is 9.88. The zero-order valence-corrected chi connectivity index (χ0v) is 20.0. The van der Waals surface area contributed by atoms with E-state index in [2.05, 4.69) is 15.3 Å². The minimum Gasteiger partial charge on any atom is -0.378 e. The first-order valence-corrected chi connectivity index (χ1v) is 12.2. The Bertz CT molecular complexity index is 1620. The third-order valence-electron chi connectivity index (χ3n) is 4.84. The van der Waals surface area contributed by atoms with Crippen molar-refractivity contribution in [2.75, 3.05) is 24.3 Å². The second-order valence-corrected chi connectivity index (χ2v) is 10.7. The first-order chi connectivity index (χ1) is 16.0. The van der Waals surface area contributed by atoms with Gasteiger partial charge in [0.05, 0.1) is 22.8 Å². The zero-order valence-electron chi connectivity index (χ0n) is 18.3. The van der Waals surface area contributed by atoms with Gasteiger partial charge in [0, 0.05) is 24.7 Å². The Labute approximate surface area is 197 Å². The van der Waals surface area contributed by atoms with E-state index in [-0.39, 0.29) is 15.7 Å². The van der Waals surface area contributed by atoms with E-state index in [1.165, 1.54) is 24.4 Å². The van der Waals surface area contributed by atoms with Gasteiger partial charge >= 0.3 is 11.7 Å². The van der Waals surface area contributed by atoms with Crippen molar-refractivity contribution in [3.05, 3.63) is 74.4 Å². The van der Waals surface area contributed by atoms with Crippen LogP contribution in [0.1, 0.15) is 4.88 Å². The molecule has 0 aliphatic rings. The molecule has 0 spiro atoms. The molecule has 0 unspecified atom stereocenters. The summed E-state index contributed by atoms with van der Waals surface area (Å²) in [4.78, 5) is 47.1. The average Bonchev–Trinajstić information content (AvgIpc) is 3.21. The number of carbonyl (C=O) groups is 1. The Morgan fingerprint density at radius 3 is 2.50 bits per heavy atom. The fourth-order valence-electron chi connectivity index (χ4n) is 3.17. The number of amides is 2. The second kappa shape index (κ2) is 8.76. The number of fused-ring (bicyclic) bond motifs is 1. The van der Waals surface area contributed by atoms with Crippen LogP contribution in [0.4, 0.5) is 16.2 Å². The molecule has 34 heavy (non-hydrogen) atoms. The minimum atomic E-state index is -4.01. The normalized spacial score (nSPS) is 11.4. The fraction of sp³-hybridized carbons (Fsp3) is 0.143. The predicted octanol–water partition coefficient (Wildman–Crippen LogP) is 2.02. The molecule has 2 amide bonds. The van der Waals surface area contributed by atoms with E-state index in [9.17, 15) is 22.8 Å². The van der Waals surface area contributed by atoms with Crippen LogP contribution in [0.25, 0.3) is 16.7 Å². The quantitative estimate of drug-likeness (QED) is 0.380. The molecular formula is C21H20N6O5S2. The number of H-pyrrole nitrogens is 1. The highest BCUT2D eigenvalue weighted by atomic mass is 32.2. The van der Waals surface area contributed by atoms with Crippen molar-refractivity contribution >= 4 is 49.7 Å². The number of sulfonamides is 1. The number of rotatable bonds is 5. The standard InChI is InChI=1S/C21H20N6O5S2/c1-12-4-9-18(33-12)34(31,32)25-20(29)23-13-5-8-17(22-11-13)27-19(28)15-7-6-14(26(2)3)10-16(15)24-21(27)30/h4-11H,1-3H3,(H,24,30)(H2,23,25,29). The number of urea groups is 1. The Hall–Kier alpha value is -3.97. The lowest BCUT2D eigenvalue weighted by Gasteiger charge is -2.13. The van der Waals surface area contributed by atoms with Gasteiger partial charge in [-0.3, -0.25) is 4.79 Å². The van der Waals surface area contributed by atoms with Crippen LogP contribution >= 0.6 is 11.3 Å². The molecule has 0 atom stereocenters. The van der Waals surface area contributed by atoms with E-state index >= 15 is 0 Å². The summed E-state index contributed by atoms with van der Waals surface area (Å²) in [6, 6.07) is 9.92. The molecule has 1 aromatic carbocycles. The highest BCUT2D eigenvalue weighted by Gasteiger charge is 2.19. The number of aryl methyl sites for hydroxylation is 1. The van der Waals surface area contributed by atoms with Crippen molar-refractivity contribution in [2.45, 2.75) is 11.1 Å². The number of thiophene rings is 1. The second-order valence-electron chi connectivity index (χ2n) is 7.52. The molecule has 3 heterocycles. The Kier molecular flexibility index (Phi) is 5.98. The van der Waals surface area contributed by atoms with Crippen LogP contribution in [0, 0.1) is 6.92 Å². The van der Waals surface area contributed by atoms with Gasteiger partial charge in [0.15, 0.2) is 0 Å². The molecule has 4 aromatic rings. The molecule has 0 radical (unpaired) electrons. The summed E-state index contributed by atoms with van der Waals surface area (Å²) < 4.78 is 27.4. The molecule has 0 bridgehead atoms. The number of nitrogens with one attached hydrogen (secondary N) is 3. The van der Waals surface area contributed by atoms with Gasteiger partial charge < -0.3 is 15.2 Å². The van der Waals surface area contributed by atoms with Gasteiger partial charge in [-0.1, -0.05) is 0 Å². The SMILES string of the molecule is Cc1ccc(S(=O)(=O)NC(=O)Nc2ccc(-n3c(=O)[nH]c4cc(N(C)C)ccc4c3=O)nc2)s1. The molecule has 13 heteroatoms. The number of benzene rings is 1. The summed E-state index contributed by atoms with van der Waals surface area (Å²) in [5.74, 6) is 0.0393. The summed E-state index contributed by atoms with van der Waals surface area (Å²) in [6.07, 6.45) is 1.21. The summed E-state index contributed by atoms with van der Waals surface area (Å²) >= 11 is 1.04. The highest BCUT2D eigenvalue weighted by Crippen LogP contribution is 2.20. The summed E-state index contributed by atoms with van der Waals surface area (Å²) in [6.45, 7) is 1.75. The third-order valence-corrected chi connectivity index (χ3v) is 7.66. The molecular weight excluding hydrogens is 480 g/mol. The van der Waals surface area contributed by atoms with Gasteiger partial charge in [-0.05, 0) is 49.4 Å². The molecule has 3 aromatic heterocycles. The number of aromatic nitrogens is 3. The predicted molar refractivity (Wildman–Crippen MR) is 131 cm³/mol. The number of pyridine rings is 1. The minimum absolute atomic E-state index is 0.0150. The highest BCUT2D eigenvalue weighted by molar-refractivity contribution is 7.92. The smallest absolute Gasteiger partial charge is 0.334 e. The van der Waals surface area contributed by atoms with E-state index in [1.54, 1.807) is 31.2 Å². The van der Waals surface area contributed by atoms with E-state index in [0.29, 0.717) is 10.9 Å². The molecule has 11 nitrogen and oxygen atoms in total. The topological polar surface area (TPSA) is 146 Å². The molecule has 0 saturated carbocycles. The fourth-order valence-corrected chi connectivity index (χ4v) is 5.36. The van der Waals surface area contributed by atoms with Crippen molar-refractivity contribution in [3.8, 4) is 5.82 Å². The molecule has 0 aliphatic heterocycles. The van der Waals surface area contributed by atoms with Crippen LogP contribution in [-0.2, 0) is 10.0 Å². The maximum atomic E-state index is 12.9. The van der Waals surface area contributed by atoms with Crippen molar-refractivity contribution in [1.29, 1.82) is 0 Å². The van der Waals surface area contributed by atoms with Gasteiger partial charge in [0.25, 0.3) is 15.6 Å². The van der Waals surface area contributed by atoms with Crippen molar-refractivity contribution in [1.82, 2.24) is 19.3 Å². The average molecular weight is 501 g/mol. The molecule has 0 aliphatic carbocycles. The zero-order chi connectivity index (χ0) is 24.6. The van der Waals surface area contributed by atoms with Gasteiger partial charge in [-0.15, -0.1) is 11.3 Å². The van der Waals surface area contributed by atoms with E-state index in [0.717, 1.165) is 26.5 Å². The molecule has 4 rings (SSSR count). The summed E-state index contributed by atoms with van der Waals surface area (Å²) in [5.41, 5.74) is 0.168. The lowest BCUT2D eigenvalue weighted by Crippen LogP contribution is -2.35. The van der Waals surface area contributed by atoms with Gasteiger partial charge in [-0.2, -0.15) is 0 Å². The van der Waals surface area contributed by atoms with Crippen LogP contribution in [0.15, 0.2) is 62.5 Å². The van der Waals surface area contributed by atoms with Crippen LogP contribution < -0.4 is 26.2 Å². The molecule has 0 saturated heterocycles. The summed E-state index contributed by atoms with van der Waals surface area (Å²) in [7, 11) is -0.316. The lowest BCUT2D eigenvalue weighted by molar-refractivity contribution is 0.256. The Balaban J connectivity index is 1.57. The van der Waals surface area contributed by atoms with Gasteiger partial charge in [0.2, 0.25) is 0 Å². The third kappa shape index (κ3) is 4.56. The van der Waals surface area contributed by atoms with Crippen LogP contribution in [0.3, 0.4) is 0 Å². The first kappa shape index (κ1) is 23.2. The summed E-state index contributed by atoms with van der Waals surface area (Å²) in [5, 5.41) is 2.67. The van der Waals surface area contributed by atoms with E-state index < -0.39 is 27.3 Å². The number of aromatic amines is 1. The van der Waals surface area contributed by atoms with E-state index in [1.807, 2.05) is 23.7 Å². The number of hydrogen-bond donors (Lipinski definition) is 3. The van der Waals surface area contributed by atoms with Crippen molar-refractivity contribution < 1.29 is 13.2 Å². The number of carbonyl (C=O) groups excluding carboxylic acids is 1. The van der Waals surface area contributed by atoms with Crippen LogP contribution in [0.2, 0.25) is 0 Å². The van der Waals surface area contributed by atoms with Crippen LogP contribution in [0.5, 0.6) is 0 Å². The Morgan fingerprint density at radius 1 is 1.12 bits per heavy atom. The lowest BCUT2D eigenvalue weighted by atomic mass is 10.2. The molecule has 3 N–H and O–H groups in total. The number of hydrogen-bond acceptors (Lipinski definition) is 8. The van der Waals surface area contributed by atoms with Crippen molar-refractivity contribution in [3.63, 3.8) is 0 Å². The Morgan fingerprint density at radius 2 is 1.88 bits per heavy atom. The number of anilines is 2. The van der Waals surface area contributed by atoms with E-state index in [4.69, 9.17) is 0 Å². The molecule has 176 valence electrons. The number of nitrogens with zero attached hydrogens (tertiary/aromatic N) is 3. The maximum Gasteiger partial charge on any atom is 0.334 e.